The SMILES string of the molecule is O=C(c1cccc2ncnn12)N1CCC(Cc2ccc(=O)[nH]c2)CC1. The van der Waals surface area contributed by atoms with Gasteiger partial charge in [-0.25, -0.2) is 9.50 Å². The van der Waals surface area contributed by atoms with Crippen LogP contribution in [-0.4, -0.2) is 43.5 Å². The van der Waals surface area contributed by atoms with Gasteiger partial charge in [-0.2, -0.15) is 5.10 Å². The summed E-state index contributed by atoms with van der Waals surface area (Å²) in [5.41, 5.74) is 2.29. The normalized spacial score (nSPS) is 15.6. The van der Waals surface area contributed by atoms with Gasteiger partial charge < -0.3 is 9.88 Å². The molecule has 7 nitrogen and oxygen atoms in total. The van der Waals surface area contributed by atoms with Crippen molar-refractivity contribution in [3.8, 4) is 0 Å². The lowest BCUT2D eigenvalue weighted by Gasteiger charge is -2.32. The molecule has 1 amide bonds. The van der Waals surface area contributed by atoms with Crippen LogP contribution >= 0.6 is 0 Å². The summed E-state index contributed by atoms with van der Waals surface area (Å²) < 4.78 is 1.59. The molecule has 0 bridgehead atoms. The van der Waals surface area contributed by atoms with E-state index in [1.54, 1.807) is 22.8 Å². The number of piperidine rings is 1. The van der Waals surface area contributed by atoms with Gasteiger partial charge in [0.15, 0.2) is 5.65 Å². The topological polar surface area (TPSA) is 83.4 Å². The highest BCUT2D eigenvalue weighted by molar-refractivity contribution is 5.93. The van der Waals surface area contributed by atoms with Gasteiger partial charge in [0.05, 0.1) is 0 Å². The molecule has 1 aliphatic rings. The van der Waals surface area contributed by atoms with Gasteiger partial charge in [-0.15, -0.1) is 0 Å². The van der Waals surface area contributed by atoms with Crippen molar-refractivity contribution < 1.29 is 4.79 Å². The molecule has 0 saturated carbocycles. The minimum Gasteiger partial charge on any atom is -0.337 e. The highest BCUT2D eigenvalue weighted by Crippen LogP contribution is 2.22. The standard InChI is InChI=1S/C18H19N5O2/c24-17-5-4-14(11-19-17)10-13-6-8-22(9-7-13)18(25)15-2-1-3-16-20-12-21-23(15)16/h1-5,11-13H,6-10H2,(H,19,24). The van der Waals surface area contributed by atoms with Crippen LogP contribution in [0.2, 0.25) is 0 Å². The first-order valence-corrected chi connectivity index (χ1v) is 8.46. The Hall–Kier alpha value is -2.96. The van der Waals surface area contributed by atoms with Crippen molar-refractivity contribution in [3.05, 3.63) is 64.5 Å². The van der Waals surface area contributed by atoms with Crippen LogP contribution < -0.4 is 5.56 Å². The third-order valence-corrected chi connectivity index (χ3v) is 4.80. The largest absolute Gasteiger partial charge is 0.337 e. The van der Waals surface area contributed by atoms with Crippen LogP contribution in [-0.2, 0) is 6.42 Å². The first-order chi connectivity index (χ1) is 12.2. The molecule has 4 heterocycles. The number of carbonyl (C=O) groups is 1. The zero-order valence-corrected chi connectivity index (χ0v) is 13.8. The van der Waals surface area contributed by atoms with Crippen molar-refractivity contribution in [2.75, 3.05) is 13.1 Å². The molecular formula is C18H19N5O2. The summed E-state index contributed by atoms with van der Waals surface area (Å²) in [5, 5.41) is 4.14. The molecule has 0 aliphatic carbocycles. The maximum Gasteiger partial charge on any atom is 0.272 e. The van der Waals surface area contributed by atoms with Crippen molar-refractivity contribution in [3.63, 3.8) is 0 Å². The Kier molecular flexibility index (Phi) is 4.05. The number of hydrogen-bond donors (Lipinski definition) is 1. The van der Waals surface area contributed by atoms with Crippen molar-refractivity contribution >= 4 is 11.6 Å². The predicted molar refractivity (Wildman–Crippen MR) is 92.4 cm³/mol. The quantitative estimate of drug-likeness (QED) is 0.785. The molecule has 0 atom stereocenters. The van der Waals surface area contributed by atoms with Gasteiger partial charge in [0.1, 0.15) is 12.0 Å². The van der Waals surface area contributed by atoms with E-state index in [2.05, 4.69) is 15.1 Å². The van der Waals surface area contributed by atoms with Crippen LogP contribution in [0.15, 0.2) is 47.7 Å². The lowest BCUT2D eigenvalue weighted by Crippen LogP contribution is -2.39. The molecule has 128 valence electrons. The monoisotopic (exact) mass is 337 g/mol. The second kappa shape index (κ2) is 6.51. The molecule has 1 aliphatic heterocycles. The summed E-state index contributed by atoms with van der Waals surface area (Å²) in [4.78, 5) is 32.7. The average Bonchev–Trinajstić information content (AvgIpc) is 3.12. The number of rotatable bonds is 3. The molecule has 25 heavy (non-hydrogen) atoms. The number of aromatic amines is 1. The number of amides is 1. The van der Waals surface area contributed by atoms with Gasteiger partial charge >= 0.3 is 0 Å². The molecule has 1 N–H and O–H groups in total. The molecule has 0 spiro atoms. The highest BCUT2D eigenvalue weighted by atomic mass is 16.2. The van der Waals surface area contributed by atoms with Gasteiger partial charge in [-0.1, -0.05) is 12.1 Å². The second-order valence-electron chi connectivity index (χ2n) is 6.44. The third kappa shape index (κ3) is 3.17. The van der Waals surface area contributed by atoms with E-state index in [9.17, 15) is 9.59 Å². The van der Waals surface area contributed by atoms with Crippen LogP contribution in [0.25, 0.3) is 5.65 Å². The van der Waals surface area contributed by atoms with E-state index in [-0.39, 0.29) is 11.5 Å². The highest BCUT2D eigenvalue weighted by Gasteiger charge is 2.25. The van der Waals surface area contributed by atoms with E-state index in [4.69, 9.17) is 0 Å². The van der Waals surface area contributed by atoms with Crippen molar-refractivity contribution in [2.45, 2.75) is 19.3 Å². The number of nitrogens with zero attached hydrogens (tertiary/aromatic N) is 4. The Bertz CT molecular complexity index is 933. The van der Waals surface area contributed by atoms with Gasteiger partial charge in [-0.3, -0.25) is 9.59 Å². The zero-order chi connectivity index (χ0) is 17.2. The van der Waals surface area contributed by atoms with Crippen molar-refractivity contribution in [1.82, 2.24) is 24.5 Å². The van der Waals surface area contributed by atoms with E-state index in [1.807, 2.05) is 23.1 Å². The summed E-state index contributed by atoms with van der Waals surface area (Å²) in [7, 11) is 0. The van der Waals surface area contributed by atoms with Gasteiger partial charge in [0.25, 0.3) is 5.91 Å². The summed E-state index contributed by atoms with van der Waals surface area (Å²) in [6, 6.07) is 8.89. The number of pyridine rings is 2. The number of nitrogens with one attached hydrogen (secondary N) is 1. The number of carbonyl (C=O) groups excluding carboxylic acids is 1. The Balaban J connectivity index is 1.41. The minimum absolute atomic E-state index is 0.00130. The number of hydrogen-bond acceptors (Lipinski definition) is 4. The fraction of sp³-hybridized carbons (Fsp3) is 0.333. The van der Waals surface area contributed by atoms with Crippen molar-refractivity contribution in [2.24, 2.45) is 5.92 Å². The lowest BCUT2D eigenvalue weighted by molar-refractivity contribution is 0.0681. The second-order valence-corrected chi connectivity index (χ2v) is 6.44. The van der Waals surface area contributed by atoms with Crippen molar-refractivity contribution in [1.29, 1.82) is 0 Å². The Morgan fingerprint density at radius 3 is 2.80 bits per heavy atom. The van der Waals surface area contributed by atoms with E-state index in [1.165, 1.54) is 6.33 Å². The molecule has 4 rings (SSSR count). The number of aromatic nitrogens is 4. The maximum absolute atomic E-state index is 12.8. The van der Waals surface area contributed by atoms with Crippen LogP contribution in [0.4, 0.5) is 0 Å². The summed E-state index contributed by atoms with van der Waals surface area (Å²) >= 11 is 0. The summed E-state index contributed by atoms with van der Waals surface area (Å²) in [5.74, 6) is 0.524. The fourth-order valence-electron chi connectivity index (χ4n) is 3.41. The van der Waals surface area contributed by atoms with Gasteiger partial charge in [0, 0.05) is 25.4 Å². The van der Waals surface area contributed by atoms with Crippen LogP contribution in [0.3, 0.4) is 0 Å². The van der Waals surface area contributed by atoms with Crippen LogP contribution in [0.1, 0.15) is 28.9 Å². The smallest absolute Gasteiger partial charge is 0.272 e. The van der Waals surface area contributed by atoms with E-state index in [0.29, 0.717) is 17.3 Å². The Morgan fingerprint density at radius 2 is 2.04 bits per heavy atom. The Morgan fingerprint density at radius 1 is 1.20 bits per heavy atom. The lowest BCUT2D eigenvalue weighted by atomic mass is 9.90. The average molecular weight is 337 g/mol. The minimum atomic E-state index is -0.0774. The molecule has 1 saturated heterocycles. The molecule has 0 radical (unpaired) electrons. The molecule has 0 unspecified atom stereocenters. The molecule has 0 aromatic carbocycles. The van der Waals surface area contributed by atoms with Gasteiger partial charge in [-0.05, 0) is 42.9 Å². The Labute approximate surface area is 144 Å². The summed E-state index contributed by atoms with van der Waals surface area (Å²) in [6.45, 7) is 1.47. The number of likely N-dealkylation sites (tertiary alicyclic amines) is 1. The third-order valence-electron chi connectivity index (χ3n) is 4.80. The first-order valence-electron chi connectivity index (χ1n) is 8.46. The number of fused-ring (bicyclic) bond motifs is 1. The van der Waals surface area contributed by atoms with E-state index in [0.717, 1.165) is 37.9 Å². The maximum atomic E-state index is 12.8. The first kappa shape index (κ1) is 15.6. The van der Waals surface area contributed by atoms with E-state index < -0.39 is 0 Å². The predicted octanol–water partition coefficient (Wildman–Crippen LogP) is 1.51. The molecule has 3 aromatic heterocycles. The van der Waals surface area contributed by atoms with Crippen LogP contribution in [0.5, 0.6) is 0 Å². The van der Waals surface area contributed by atoms with E-state index >= 15 is 0 Å². The molecule has 3 aromatic rings. The zero-order valence-electron chi connectivity index (χ0n) is 13.8. The molecular weight excluding hydrogens is 318 g/mol. The summed E-state index contributed by atoms with van der Waals surface area (Å²) in [6.07, 6.45) is 6.09. The molecule has 7 heteroatoms. The number of H-pyrrole nitrogens is 1. The van der Waals surface area contributed by atoms with Gasteiger partial charge in [0.2, 0.25) is 5.56 Å². The molecule has 1 fully saturated rings. The fourth-order valence-corrected chi connectivity index (χ4v) is 3.41. The van der Waals surface area contributed by atoms with Crippen LogP contribution in [0, 0.1) is 5.92 Å².